The smallest absolute Gasteiger partial charge is 0.302 e. The minimum absolute atomic E-state index is 0.00388. The van der Waals surface area contributed by atoms with Crippen molar-refractivity contribution in [1.82, 2.24) is 0 Å². The minimum atomic E-state index is -0.459. The molecule has 0 radical (unpaired) electrons. The van der Waals surface area contributed by atoms with E-state index in [1.807, 2.05) is 0 Å². The third-order valence-corrected chi connectivity index (χ3v) is 5.09. The molecule has 5 nitrogen and oxygen atoms in total. The number of aliphatic hydroxyl groups excluding tert-OH is 1. The molecule has 0 aromatic heterocycles. The number of hydrogen-bond donors (Lipinski definition) is 1. The Balaban J connectivity index is 1.53. The minimum Gasteiger partial charge on any atom is -0.462 e. The van der Waals surface area contributed by atoms with Crippen LogP contribution in [0.25, 0.3) is 0 Å². The maximum Gasteiger partial charge on any atom is 0.302 e. The van der Waals surface area contributed by atoms with Crippen LogP contribution in [0, 0.1) is 0 Å². The number of rotatable bonds is 3. The maximum atomic E-state index is 11.3. The monoisotopic (exact) mass is 306 g/mol. The fourth-order valence-corrected chi connectivity index (χ4v) is 4.47. The van der Waals surface area contributed by atoms with E-state index in [0.717, 1.165) is 0 Å². The van der Waals surface area contributed by atoms with Gasteiger partial charge in [-0.3, -0.25) is 4.79 Å². The Kier molecular flexibility index (Phi) is 3.22. The quantitative estimate of drug-likeness (QED) is 0.634. The number of esters is 1. The van der Waals surface area contributed by atoms with Gasteiger partial charge in [0, 0.05) is 39.0 Å². The highest BCUT2D eigenvalue weighted by Gasteiger charge is 2.52. The molecule has 5 heteroatoms. The van der Waals surface area contributed by atoms with Crippen molar-refractivity contribution in [3.05, 3.63) is 24.3 Å². The Hall–Kier alpha value is -1.17. The van der Waals surface area contributed by atoms with Gasteiger partial charge in [-0.1, -0.05) is 24.3 Å². The lowest BCUT2D eigenvalue weighted by molar-refractivity contribution is -0.178. The molecule has 1 N–H and O–H groups in total. The van der Waals surface area contributed by atoms with E-state index in [2.05, 4.69) is 24.3 Å². The van der Waals surface area contributed by atoms with Crippen LogP contribution in [0.4, 0.5) is 0 Å². The van der Waals surface area contributed by atoms with Crippen LogP contribution < -0.4 is 0 Å². The first kappa shape index (κ1) is 14.4. The van der Waals surface area contributed by atoms with E-state index < -0.39 is 11.2 Å². The van der Waals surface area contributed by atoms with Gasteiger partial charge in [0.1, 0.15) is 6.10 Å². The fraction of sp³-hybridized carbons (Fsp3) is 0.706. The third-order valence-electron chi connectivity index (χ3n) is 5.09. The van der Waals surface area contributed by atoms with Crippen molar-refractivity contribution in [2.24, 2.45) is 0 Å². The summed E-state index contributed by atoms with van der Waals surface area (Å²) in [5.41, 5.74) is -0.918. The Morgan fingerprint density at radius 2 is 1.82 bits per heavy atom. The molecular weight excluding hydrogens is 284 g/mol. The van der Waals surface area contributed by atoms with Gasteiger partial charge in [0.2, 0.25) is 0 Å². The van der Waals surface area contributed by atoms with Gasteiger partial charge in [0.15, 0.2) is 0 Å². The zero-order chi connectivity index (χ0) is 15.4. The molecule has 4 rings (SSSR count). The van der Waals surface area contributed by atoms with Crippen LogP contribution in [0.2, 0.25) is 0 Å². The van der Waals surface area contributed by atoms with Gasteiger partial charge in [0.05, 0.1) is 29.5 Å². The topological polar surface area (TPSA) is 65.0 Å². The third kappa shape index (κ3) is 2.51. The van der Waals surface area contributed by atoms with Gasteiger partial charge in [-0.25, -0.2) is 0 Å². The summed E-state index contributed by atoms with van der Waals surface area (Å²) < 4.78 is 17.7. The van der Waals surface area contributed by atoms with Crippen molar-refractivity contribution < 1.29 is 24.1 Å². The first-order valence-corrected chi connectivity index (χ1v) is 8.06. The van der Waals surface area contributed by atoms with Crippen LogP contribution in [0.5, 0.6) is 0 Å². The number of carbonyl (C=O) groups is 1. The molecule has 0 aromatic carbocycles. The molecule has 0 amide bonds. The lowest BCUT2D eigenvalue weighted by Crippen LogP contribution is -2.50. The van der Waals surface area contributed by atoms with Crippen LogP contribution in [0.15, 0.2) is 24.3 Å². The Labute approximate surface area is 129 Å². The number of hydrogen-bond acceptors (Lipinski definition) is 5. The van der Waals surface area contributed by atoms with E-state index in [9.17, 15) is 9.90 Å². The zero-order valence-corrected chi connectivity index (χ0v) is 12.7. The van der Waals surface area contributed by atoms with Crippen LogP contribution in [0.3, 0.4) is 0 Å². The summed E-state index contributed by atoms with van der Waals surface area (Å²) in [5, 5.41) is 10.1. The molecule has 0 aliphatic carbocycles. The molecule has 0 aromatic rings. The van der Waals surface area contributed by atoms with E-state index in [0.29, 0.717) is 32.1 Å². The molecule has 2 saturated heterocycles. The summed E-state index contributed by atoms with van der Waals surface area (Å²) in [7, 11) is 0. The summed E-state index contributed by atoms with van der Waals surface area (Å²) >= 11 is 0. The number of ether oxygens (including phenoxy) is 3. The second kappa shape index (κ2) is 4.91. The summed E-state index contributed by atoms with van der Waals surface area (Å²) in [5.74, 6) is -0.246. The van der Waals surface area contributed by atoms with Crippen molar-refractivity contribution in [1.29, 1.82) is 0 Å². The standard InChI is InChI=1S/C17H22O5/c1-11(18)20-15-7-14-3-5-17(9-15,22-14)10-16-4-2-13(21-16)6-12(19)8-16/h2-5,12-15,19H,6-10H2,1H3/t12-,13+,14-,15+,16-,17+/m0/s1. The highest BCUT2D eigenvalue weighted by atomic mass is 16.6. The van der Waals surface area contributed by atoms with Crippen molar-refractivity contribution in [3.63, 3.8) is 0 Å². The lowest BCUT2D eigenvalue weighted by atomic mass is 9.79. The number of aliphatic hydroxyl groups is 1. The predicted octanol–water partition coefficient (Wildman–Crippen LogP) is 1.64. The van der Waals surface area contributed by atoms with Crippen molar-refractivity contribution >= 4 is 5.97 Å². The normalized spacial score (nSPS) is 48.6. The zero-order valence-electron chi connectivity index (χ0n) is 12.7. The average molecular weight is 306 g/mol. The molecule has 120 valence electrons. The highest BCUT2D eigenvalue weighted by molar-refractivity contribution is 5.66. The Morgan fingerprint density at radius 1 is 1.18 bits per heavy atom. The van der Waals surface area contributed by atoms with Crippen molar-refractivity contribution in [2.75, 3.05) is 0 Å². The predicted molar refractivity (Wildman–Crippen MR) is 78.1 cm³/mol. The van der Waals surface area contributed by atoms with Gasteiger partial charge >= 0.3 is 5.97 Å². The molecule has 0 unspecified atom stereocenters. The van der Waals surface area contributed by atoms with Crippen LogP contribution >= 0.6 is 0 Å². The van der Waals surface area contributed by atoms with Gasteiger partial charge in [-0.15, -0.1) is 0 Å². The Bertz CT molecular complexity index is 541. The van der Waals surface area contributed by atoms with E-state index in [4.69, 9.17) is 14.2 Å². The van der Waals surface area contributed by atoms with Crippen LogP contribution in [-0.4, -0.2) is 46.7 Å². The second-order valence-corrected chi connectivity index (χ2v) is 7.10. The van der Waals surface area contributed by atoms with E-state index in [-0.39, 0.29) is 30.4 Å². The van der Waals surface area contributed by atoms with E-state index >= 15 is 0 Å². The number of carbonyl (C=O) groups excluding carboxylic acids is 1. The fourth-order valence-electron chi connectivity index (χ4n) is 4.47. The van der Waals surface area contributed by atoms with Crippen molar-refractivity contribution in [2.45, 2.75) is 74.6 Å². The van der Waals surface area contributed by atoms with E-state index in [1.165, 1.54) is 6.92 Å². The summed E-state index contributed by atoms with van der Waals surface area (Å²) in [6.07, 6.45) is 11.2. The summed E-state index contributed by atoms with van der Waals surface area (Å²) in [6, 6.07) is 0. The van der Waals surface area contributed by atoms with E-state index in [1.54, 1.807) is 0 Å². The van der Waals surface area contributed by atoms with Gasteiger partial charge < -0.3 is 19.3 Å². The van der Waals surface area contributed by atoms with Gasteiger partial charge in [-0.2, -0.15) is 0 Å². The molecule has 0 saturated carbocycles. The summed E-state index contributed by atoms with van der Waals surface area (Å²) in [6.45, 7) is 1.45. The lowest BCUT2D eigenvalue weighted by Gasteiger charge is -2.44. The molecular formula is C17H22O5. The second-order valence-electron chi connectivity index (χ2n) is 7.10. The molecule has 4 aliphatic heterocycles. The van der Waals surface area contributed by atoms with Crippen LogP contribution in [0.1, 0.15) is 39.0 Å². The van der Waals surface area contributed by atoms with Crippen LogP contribution in [-0.2, 0) is 19.0 Å². The molecule has 4 heterocycles. The Morgan fingerprint density at radius 3 is 2.50 bits per heavy atom. The first-order chi connectivity index (χ1) is 10.5. The van der Waals surface area contributed by atoms with Crippen molar-refractivity contribution in [3.8, 4) is 0 Å². The molecule has 22 heavy (non-hydrogen) atoms. The highest BCUT2D eigenvalue weighted by Crippen LogP contribution is 2.48. The number of fused-ring (bicyclic) bond motifs is 4. The molecule has 4 aliphatic rings. The maximum absolute atomic E-state index is 11.3. The first-order valence-electron chi connectivity index (χ1n) is 8.06. The summed E-state index contributed by atoms with van der Waals surface area (Å²) in [4.78, 5) is 11.3. The molecule has 2 fully saturated rings. The molecule has 0 spiro atoms. The largest absolute Gasteiger partial charge is 0.462 e. The van der Waals surface area contributed by atoms with Gasteiger partial charge in [0.25, 0.3) is 0 Å². The molecule has 6 atom stereocenters. The van der Waals surface area contributed by atoms with Gasteiger partial charge in [-0.05, 0) is 0 Å². The molecule has 4 bridgehead atoms. The average Bonchev–Trinajstić information content (AvgIpc) is 2.86. The SMILES string of the molecule is CC(=O)O[C@@H]1C[C@@H]2C=C[C@](C[C@]34C=C[C@H](C[C@H](O)C3)O4)(C1)O2.